The molecule has 1 aliphatic carbocycles. The largest absolute Gasteiger partial charge is 0.546 e. The monoisotopic (exact) mass is 282 g/mol. The van der Waals surface area contributed by atoms with Crippen molar-refractivity contribution in [1.29, 1.82) is 0 Å². The number of carbonyl (C=O) groups is 1. The fourth-order valence-electron chi connectivity index (χ4n) is 3.63. The molecule has 0 heterocycles. The van der Waals surface area contributed by atoms with E-state index in [9.17, 15) is 4.79 Å². The first-order chi connectivity index (χ1) is 8.84. The minimum absolute atomic E-state index is 0.209. The van der Waals surface area contributed by atoms with Crippen LogP contribution in [0.3, 0.4) is 0 Å². The SMILES string of the molecule is CC(C)[Si](OC1=CCC(C=O)CC1)(C(C)C)C(C)C. The van der Waals surface area contributed by atoms with E-state index in [1.54, 1.807) is 0 Å². The fourth-order valence-corrected chi connectivity index (χ4v) is 8.97. The second kappa shape index (κ2) is 6.73. The van der Waals surface area contributed by atoms with Crippen LogP contribution in [-0.4, -0.2) is 14.6 Å². The van der Waals surface area contributed by atoms with Crippen molar-refractivity contribution in [1.82, 2.24) is 0 Å². The van der Waals surface area contributed by atoms with Gasteiger partial charge in [0.15, 0.2) is 0 Å². The first kappa shape index (κ1) is 16.5. The number of allylic oxidation sites excluding steroid dienone is 2. The molecule has 0 spiro atoms. The number of hydrogen-bond acceptors (Lipinski definition) is 2. The molecule has 1 atom stereocenters. The van der Waals surface area contributed by atoms with Crippen LogP contribution in [0.4, 0.5) is 0 Å². The van der Waals surface area contributed by atoms with Crippen LogP contribution in [0.25, 0.3) is 0 Å². The molecule has 0 bridgehead atoms. The van der Waals surface area contributed by atoms with Gasteiger partial charge in [-0.3, -0.25) is 0 Å². The summed E-state index contributed by atoms with van der Waals surface area (Å²) in [6.07, 6.45) is 6.00. The first-order valence-corrected chi connectivity index (χ1v) is 9.81. The summed E-state index contributed by atoms with van der Waals surface area (Å²) in [6.45, 7) is 13.9. The van der Waals surface area contributed by atoms with E-state index in [-0.39, 0.29) is 5.92 Å². The molecule has 1 aliphatic rings. The van der Waals surface area contributed by atoms with Gasteiger partial charge in [0.05, 0.1) is 5.76 Å². The maximum absolute atomic E-state index is 10.8. The third kappa shape index (κ3) is 3.50. The van der Waals surface area contributed by atoms with Gasteiger partial charge in [0.1, 0.15) is 6.29 Å². The summed E-state index contributed by atoms with van der Waals surface area (Å²) in [7, 11) is -1.80. The van der Waals surface area contributed by atoms with Gasteiger partial charge in [-0.05, 0) is 35.5 Å². The van der Waals surface area contributed by atoms with Crippen molar-refractivity contribution in [3.05, 3.63) is 11.8 Å². The Kier molecular flexibility index (Phi) is 5.84. The van der Waals surface area contributed by atoms with Crippen LogP contribution in [0.5, 0.6) is 0 Å². The topological polar surface area (TPSA) is 26.3 Å². The summed E-state index contributed by atoms with van der Waals surface area (Å²) >= 11 is 0. The van der Waals surface area contributed by atoms with Crippen molar-refractivity contribution in [3.63, 3.8) is 0 Å². The highest BCUT2D eigenvalue weighted by molar-refractivity contribution is 6.77. The molecule has 0 N–H and O–H groups in total. The Labute approximate surface area is 119 Å². The van der Waals surface area contributed by atoms with E-state index in [0.717, 1.165) is 31.3 Å². The molecule has 0 radical (unpaired) electrons. The molecule has 0 aromatic carbocycles. The lowest BCUT2D eigenvalue weighted by Crippen LogP contribution is -2.47. The summed E-state index contributed by atoms with van der Waals surface area (Å²) in [4.78, 5) is 10.8. The van der Waals surface area contributed by atoms with Crippen LogP contribution in [-0.2, 0) is 9.22 Å². The zero-order chi connectivity index (χ0) is 14.6. The maximum Gasteiger partial charge on any atom is 0.258 e. The molecule has 0 saturated carbocycles. The summed E-state index contributed by atoms with van der Waals surface area (Å²) in [5.41, 5.74) is 1.83. The standard InChI is InChI=1S/C16H30O2Si/c1-12(2)19(13(3)4,14(5)6)18-16-9-7-15(11-17)8-10-16/h9,11-15H,7-8,10H2,1-6H3. The van der Waals surface area contributed by atoms with Crippen molar-refractivity contribution < 1.29 is 9.22 Å². The summed E-state index contributed by atoms with van der Waals surface area (Å²) in [5, 5.41) is 0. The predicted octanol–water partition coefficient (Wildman–Crippen LogP) is 5.06. The highest BCUT2D eigenvalue weighted by Gasteiger charge is 2.47. The minimum Gasteiger partial charge on any atom is -0.546 e. The number of carbonyl (C=O) groups excluding carboxylic acids is 1. The van der Waals surface area contributed by atoms with Crippen LogP contribution >= 0.6 is 0 Å². The Hall–Kier alpha value is -0.573. The molecular weight excluding hydrogens is 252 g/mol. The molecular formula is C16H30O2Si. The van der Waals surface area contributed by atoms with Crippen LogP contribution in [0, 0.1) is 5.92 Å². The Bertz CT molecular complexity index is 310. The summed E-state index contributed by atoms with van der Waals surface area (Å²) in [5.74, 6) is 1.36. The van der Waals surface area contributed by atoms with Gasteiger partial charge in [0, 0.05) is 12.3 Å². The second-order valence-electron chi connectivity index (χ2n) is 6.76. The minimum atomic E-state index is -1.80. The third-order valence-corrected chi connectivity index (χ3v) is 10.6. The fraction of sp³-hybridized carbons (Fsp3) is 0.812. The van der Waals surface area contributed by atoms with Gasteiger partial charge < -0.3 is 9.22 Å². The van der Waals surface area contributed by atoms with Gasteiger partial charge in [-0.25, -0.2) is 0 Å². The van der Waals surface area contributed by atoms with E-state index in [0.29, 0.717) is 16.6 Å². The van der Waals surface area contributed by atoms with Gasteiger partial charge >= 0.3 is 0 Å². The lowest BCUT2D eigenvalue weighted by atomic mass is 9.95. The highest BCUT2D eigenvalue weighted by Crippen LogP contribution is 2.44. The molecule has 0 fully saturated rings. The molecule has 19 heavy (non-hydrogen) atoms. The molecule has 110 valence electrons. The molecule has 0 saturated heterocycles. The summed E-state index contributed by atoms with van der Waals surface area (Å²) < 4.78 is 6.64. The van der Waals surface area contributed by atoms with E-state index >= 15 is 0 Å². The molecule has 3 heteroatoms. The average molecular weight is 282 g/mol. The maximum atomic E-state index is 10.8. The zero-order valence-electron chi connectivity index (χ0n) is 13.4. The lowest BCUT2D eigenvalue weighted by molar-refractivity contribution is -0.111. The number of hydrogen-bond donors (Lipinski definition) is 0. The van der Waals surface area contributed by atoms with Gasteiger partial charge in [0.2, 0.25) is 0 Å². The van der Waals surface area contributed by atoms with E-state index in [4.69, 9.17) is 4.43 Å². The van der Waals surface area contributed by atoms with Crippen molar-refractivity contribution >= 4 is 14.6 Å². The number of aldehydes is 1. The summed E-state index contributed by atoms with van der Waals surface area (Å²) in [6, 6.07) is 0. The quantitative estimate of drug-likeness (QED) is 0.502. The molecule has 1 unspecified atom stereocenters. The molecule has 1 rings (SSSR count). The highest BCUT2D eigenvalue weighted by atomic mass is 28.4. The van der Waals surface area contributed by atoms with Crippen molar-refractivity contribution in [2.45, 2.75) is 77.4 Å². The Morgan fingerprint density at radius 2 is 1.68 bits per heavy atom. The van der Waals surface area contributed by atoms with Gasteiger partial charge in [0.25, 0.3) is 8.32 Å². The van der Waals surface area contributed by atoms with Crippen LogP contribution in [0.1, 0.15) is 60.8 Å². The average Bonchev–Trinajstić information content (AvgIpc) is 2.35. The number of rotatable bonds is 6. The second-order valence-corrected chi connectivity index (χ2v) is 12.1. The smallest absolute Gasteiger partial charge is 0.258 e. The Morgan fingerprint density at radius 1 is 1.16 bits per heavy atom. The van der Waals surface area contributed by atoms with Crippen molar-refractivity contribution in [3.8, 4) is 0 Å². The van der Waals surface area contributed by atoms with E-state index in [2.05, 4.69) is 47.6 Å². The molecule has 0 amide bonds. The normalized spacial score (nSPS) is 20.9. The predicted molar refractivity (Wildman–Crippen MR) is 83.6 cm³/mol. The first-order valence-electron chi connectivity index (χ1n) is 7.67. The Balaban J connectivity index is 2.90. The molecule has 0 aromatic heterocycles. The van der Waals surface area contributed by atoms with Crippen molar-refractivity contribution in [2.75, 3.05) is 0 Å². The van der Waals surface area contributed by atoms with E-state index in [1.165, 1.54) is 0 Å². The van der Waals surface area contributed by atoms with E-state index in [1.807, 2.05) is 0 Å². The molecule has 0 aliphatic heterocycles. The van der Waals surface area contributed by atoms with E-state index < -0.39 is 8.32 Å². The molecule has 0 aromatic rings. The van der Waals surface area contributed by atoms with Crippen LogP contribution in [0.15, 0.2) is 11.8 Å². The molecule has 2 nitrogen and oxygen atoms in total. The van der Waals surface area contributed by atoms with Gasteiger partial charge in [-0.1, -0.05) is 41.5 Å². The van der Waals surface area contributed by atoms with Gasteiger partial charge in [-0.2, -0.15) is 0 Å². The Morgan fingerprint density at radius 3 is 2.00 bits per heavy atom. The van der Waals surface area contributed by atoms with Crippen molar-refractivity contribution in [2.24, 2.45) is 5.92 Å². The third-order valence-electron chi connectivity index (χ3n) is 4.62. The van der Waals surface area contributed by atoms with Gasteiger partial charge in [-0.15, -0.1) is 0 Å². The van der Waals surface area contributed by atoms with Crippen LogP contribution in [0.2, 0.25) is 16.6 Å². The van der Waals surface area contributed by atoms with Crippen LogP contribution < -0.4 is 0 Å². The zero-order valence-corrected chi connectivity index (χ0v) is 14.4. The lowest BCUT2D eigenvalue weighted by Gasteiger charge is -2.43.